The number of esters is 4. The molecule has 0 fully saturated rings. The Morgan fingerprint density at radius 2 is 0.561 bits per heavy atom. The minimum absolute atomic E-state index is 0.101. The van der Waals surface area contributed by atoms with Crippen molar-refractivity contribution in [1.29, 1.82) is 0 Å². The van der Waals surface area contributed by atoms with E-state index in [1.807, 2.05) is 0 Å². The van der Waals surface area contributed by atoms with Gasteiger partial charge in [0.25, 0.3) is 0 Å². The largest absolute Gasteiger partial charge is 0.472 e. The molecule has 0 aromatic carbocycles. The van der Waals surface area contributed by atoms with Crippen molar-refractivity contribution in [2.24, 2.45) is 17.8 Å². The Morgan fingerprint density at radius 3 is 0.829 bits per heavy atom. The van der Waals surface area contributed by atoms with E-state index in [9.17, 15) is 43.2 Å². The third-order valence-corrected chi connectivity index (χ3v) is 16.3. The predicted octanol–water partition coefficient (Wildman–Crippen LogP) is 17.1. The molecule has 0 amide bonds. The lowest BCUT2D eigenvalue weighted by atomic mass is 10.0. The van der Waals surface area contributed by atoms with Crippen LogP contribution in [0.3, 0.4) is 0 Å². The second-order valence-electron chi connectivity index (χ2n) is 24.2. The summed E-state index contributed by atoms with van der Waals surface area (Å²) in [7, 11) is -9.88. The second-order valence-corrected chi connectivity index (χ2v) is 27.1. The van der Waals surface area contributed by atoms with Gasteiger partial charge in [-0.1, -0.05) is 254 Å². The van der Waals surface area contributed by atoms with Gasteiger partial charge in [0.2, 0.25) is 0 Å². The quantitative estimate of drug-likeness (QED) is 0.0222. The minimum atomic E-state index is -4.94. The van der Waals surface area contributed by atoms with Crippen molar-refractivity contribution >= 4 is 39.5 Å². The normalized spacial score (nSPS) is 14.4. The van der Waals surface area contributed by atoms with Crippen LogP contribution in [0, 0.1) is 17.8 Å². The average molecular weight is 1210 g/mol. The van der Waals surface area contributed by atoms with Crippen molar-refractivity contribution in [2.45, 2.75) is 324 Å². The summed E-state index contributed by atoms with van der Waals surface area (Å²) in [5.74, 6) is -0.00949. The van der Waals surface area contributed by atoms with E-state index in [0.717, 1.165) is 109 Å². The molecule has 0 bridgehead atoms. The molecule has 0 radical (unpaired) electrons. The van der Waals surface area contributed by atoms with Crippen molar-refractivity contribution in [1.82, 2.24) is 0 Å². The molecular formula is C63H122O17P2. The van der Waals surface area contributed by atoms with Crippen LogP contribution in [0.1, 0.15) is 305 Å². The summed E-state index contributed by atoms with van der Waals surface area (Å²) >= 11 is 0. The van der Waals surface area contributed by atoms with Crippen LogP contribution < -0.4 is 0 Å². The molecule has 3 N–H and O–H groups in total. The van der Waals surface area contributed by atoms with Crippen molar-refractivity contribution < 1.29 is 80.2 Å². The van der Waals surface area contributed by atoms with E-state index in [0.29, 0.717) is 37.5 Å². The maximum absolute atomic E-state index is 13.0. The van der Waals surface area contributed by atoms with Crippen molar-refractivity contribution in [3.05, 3.63) is 0 Å². The molecule has 0 aliphatic heterocycles. The zero-order chi connectivity index (χ0) is 61.0. The number of unbranched alkanes of at least 4 members (excludes halogenated alkanes) is 29. The van der Waals surface area contributed by atoms with Crippen LogP contribution in [0.4, 0.5) is 0 Å². The van der Waals surface area contributed by atoms with Crippen LogP contribution in [0.2, 0.25) is 0 Å². The Morgan fingerprint density at radius 1 is 0.329 bits per heavy atom. The molecule has 0 aliphatic rings. The SMILES string of the molecule is CCCCCCCCCCC(=O)OC[C@H](COP(=O)(O)OC[C@H](O)COP(=O)(O)OC[C@@H](COC(=O)CCCCCCCCC(C)C)OC(=O)CCCCCCCCCCCCCCCC(C)C)OC(=O)CCCCCCCCC(C)C. The Hall–Kier alpha value is -1.94. The van der Waals surface area contributed by atoms with Crippen LogP contribution in [0.25, 0.3) is 0 Å². The lowest BCUT2D eigenvalue weighted by molar-refractivity contribution is -0.161. The Labute approximate surface area is 498 Å². The molecule has 0 aliphatic carbocycles. The van der Waals surface area contributed by atoms with Gasteiger partial charge in [-0.3, -0.25) is 37.3 Å². The summed E-state index contributed by atoms with van der Waals surface area (Å²) in [6.45, 7) is 11.6. The van der Waals surface area contributed by atoms with Gasteiger partial charge >= 0.3 is 39.5 Å². The monoisotopic (exact) mass is 1210 g/mol. The maximum atomic E-state index is 13.0. The van der Waals surface area contributed by atoms with E-state index >= 15 is 0 Å². The van der Waals surface area contributed by atoms with E-state index in [1.165, 1.54) is 103 Å². The van der Waals surface area contributed by atoms with Gasteiger partial charge in [0.1, 0.15) is 19.3 Å². The number of hydrogen-bond donors (Lipinski definition) is 3. The number of hydrogen-bond acceptors (Lipinski definition) is 15. The number of ether oxygens (including phenoxy) is 4. The number of carbonyl (C=O) groups excluding carboxylic acids is 4. The summed E-state index contributed by atoms with van der Waals surface area (Å²) in [5.41, 5.74) is 0. The first-order valence-corrected chi connectivity index (χ1v) is 35.8. The highest BCUT2D eigenvalue weighted by Crippen LogP contribution is 2.45. The smallest absolute Gasteiger partial charge is 0.462 e. The third kappa shape index (κ3) is 57.2. The standard InChI is InChI=1S/C63H122O17P2/c1-8-9-10-11-12-21-30-37-44-60(65)73-50-59(80-63(68)47-40-33-26-24-29-36-43-56(6)7)53-78-82(71,72)76-49-57(64)48-75-81(69,70)77-52-58(51-74-61(66)45-38-31-25-23-28-35-42-55(4)5)79-62(67)46-39-32-22-19-17-15-13-14-16-18-20-27-34-41-54(2)3/h54-59,64H,8-53H2,1-7H3,(H,69,70)(H,71,72)/t57-,58-,59-/m1/s1. The first-order valence-electron chi connectivity index (χ1n) is 32.8. The van der Waals surface area contributed by atoms with Gasteiger partial charge in [0, 0.05) is 25.7 Å². The van der Waals surface area contributed by atoms with E-state index in [2.05, 4.69) is 48.5 Å². The molecule has 2 unspecified atom stereocenters. The molecule has 0 aromatic rings. The number of aliphatic hydroxyl groups excluding tert-OH is 1. The molecule has 0 aromatic heterocycles. The molecule has 0 spiro atoms. The summed E-state index contributed by atoms with van der Waals surface area (Å²) in [4.78, 5) is 72.0. The van der Waals surface area contributed by atoms with Gasteiger partial charge in [-0.15, -0.1) is 0 Å². The summed E-state index contributed by atoms with van der Waals surface area (Å²) < 4.78 is 67.8. The van der Waals surface area contributed by atoms with Gasteiger partial charge in [-0.25, -0.2) is 9.13 Å². The van der Waals surface area contributed by atoms with E-state index in [4.69, 9.17) is 37.0 Å². The number of rotatable bonds is 61. The molecule has 0 rings (SSSR count). The van der Waals surface area contributed by atoms with Crippen molar-refractivity contribution in [2.75, 3.05) is 39.6 Å². The minimum Gasteiger partial charge on any atom is -0.462 e. The molecule has 17 nitrogen and oxygen atoms in total. The molecule has 0 saturated heterocycles. The second kappa shape index (κ2) is 54.5. The summed E-state index contributed by atoms with van der Waals surface area (Å²) in [6, 6.07) is 0. The van der Waals surface area contributed by atoms with E-state index < -0.39 is 97.5 Å². The Bertz CT molecular complexity index is 1630. The fourth-order valence-corrected chi connectivity index (χ4v) is 10.9. The highest BCUT2D eigenvalue weighted by Gasteiger charge is 2.30. The Balaban J connectivity index is 5.19. The van der Waals surface area contributed by atoms with Crippen LogP contribution in [-0.4, -0.2) is 96.7 Å². The topological polar surface area (TPSA) is 237 Å². The van der Waals surface area contributed by atoms with Gasteiger partial charge in [0.15, 0.2) is 12.2 Å². The average Bonchev–Trinajstić information content (AvgIpc) is 3.42. The third-order valence-electron chi connectivity index (χ3n) is 14.4. The van der Waals surface area contributed by atoms with Crippen molar-refractivity contribution in [3.63, 3.8) is 0 Å². The lowest BCUT2D eigenvalue weighted by Crippen LogP contribution is -2.30. The highest BCUT2D eigenvalue weighted by molar-refractivity contribution is 7.47. The first kappa shape index (κ1) is 80.1. The number of phosphoric acid groups is 2. The number of aliphatic hydroxyl groups is 1. The van der Waals surface area contributed by atoms with Crippen LogP contribution in [0.15, 0.2) is 0 Å². The van der Waals surface area contributed by atoms with Gasteiger partial charge in [0.05, 0.1) is 26.4 Å². The molecular weight excluding hydrogens is 1090 g/mol. The van der Waals surface area contributed by atoms with Gasteiger partial charge < -0.3 is 33.8 Å². The molecule has 19 heteroatoms. The molecule has 0 saturated carbocycles. The molecule has 82 heavy (non-hydrogen) atoms. The Kier molecular flexibility index (Phi) is 53.2. The fourth-order valence-electron chi connectivity index (χ4n) is 9.30. The molecule has 0 heterocycles. The number of phosphoric ester groups is 2. The van der Waals surface area contributed by atoms with E-state index in [-0.39, 0.29) is 25.7 Å². The van der Waals surface area contributed by atoms with Crippen LogP contribution >= 0.6 is 15.6 Å². The van der Waals surface area contributed by atoms with Crippen LogP contribution in [-0.2, 0) is 65.4 Å². The molecule has 486 valence electrons. The van der Waals surface area contributed by atoms with Gasteiger partial charge in [-0.05, 0) is 43.4 Å². The zero-order valence-electron chi connectivity index (χ0n) is 52.9. The van der Waals surface area contributed by atoms with Gasteiger partial charge in [-0.2, -0.15) is 0 Å². The van der Waals surface area contributed by atoms with Crippen LogP contribution in [0.5, 0.6) is 0 Å². The summed E-state index contributed by atoms with van der Waals surface area (Å²) in [6.07, 6.45) is 35.2. The van der Waals surface area contributed by atoms with Crippen molar-refractivity contribution in [3.8, 4) is 0 Å². The maximum Gasteiger partial charge on any atom is 0.472 e. The number of carbonyl (C=O) groups is 4. The first-order chi connectivity index (χ1) is 39.2. The highest BCUT2D eigenvalue weighted by atomic mass is 31.2. The summed E-state index contributed by atoms with van der Waals surface area (Å²) in [5, 5.41) is 10.5. The zero-order valence-corrected chi connectivity index (χ0v) is 54.7. The predicted molar refractivity (Wildman–Crippen MR) is 326 cm³/mol. The lowest BCUT2D eigenvalue weighted by Gasteiger charge is -2.21. The fraction of sp³-hybridized carbons (Fsp3) is 0.937. The molecule has 5 atom stereocenters. The van der Waals surface area contributed by atoms with E-state index in [1.54, 1.807) is 0 Å².